The SMILES string of the molecule is Cc1cc([C@@H](O)[C@@H](CF)NC(=O)C(Cl)Cl)c(C)c(C)[c]1[Sn]. The topological polar surface area (TPSA) is 49.3 Å². The molecule has 7 heteroatoms. The van der Waals surface area contributed by atoms with Gasteiger partial charge in [0.2, 0.25) is 0 Å². The molecule has 0 aliphatic rings. The fraction of sp³-hybridized carbons (Fsp3) is 0.500. The van der Waals surface area contributed by atoms with Crippen LogP contribution in [0.15, 0.2) is 6.07 Å². The Kier molecular flexibility index (Phi) is 7.23. The van der Waals surface area contributed by atoms with Crippen LogP contribution in [0.25, 0.3) is 0 Å². The molecule has 0 bridgehead atoms. The number of aliphatic hydroxyl groups is 1. The summed E-state index contributed by atoms with van der Waals surface area (Å²) < 4.78 is 14.4. The van der Waals surface area contributed by atoms with Crippen LogP contribution in [0.5, 0.6) is 0 Å². The van der Waals surface area contributed by atoms with Crippen LogP contribution >= 0.6 is 23.2 Å². The summed E-state index contributed by atoms with van der Waals surface area (Å²) in [6.45, 7) is 4.89. The third-order valence-corrected chi connectivity index (χ3v) is 6.12. The molecule has 1 aromatic carbocycles. The van der Waals surface area contributed by atoms with Crippen molar-refractivity contribution in [3.05, 3.63) is 28.3 Å². The van der Waals surface area contributed by atoms with Gasteiger partial charge in [0.25, 0.3) is 0 Å². The molecule has 1 rings (SSSR count). The summed E-state index contributed by atoms with van der Waals surface area (Å²) in [5.74, 6) is -0.719. The van der Waals surface area contributed by atoms with Crippen LogP contribution in [0.2, 0.25) is 0 Å². The number of benzene rings is 1. The molecule has 0 fully saturated rings. The number of rotatable bonds is 5. The van der Waals surface area contributed by atoms with E-state index in [-0.39, 0.29) is 0 Å². The van der Waals surface area contributed by atoms with E-state index in [1.54, 1.807) is 0 Å². The third kappa shape index (κ3) is 4.47. The first-order valence-corrected chi connectivity index (χ1v) is 8.65. The maximum atomic E-state index is 13.2. The molecule has 2 N–H and O–H groups in total. The molecule has 0 aliphatic heterocycles. The van der Waals surface area contributed by atoms with E-state index in [9.17, 15) is 14.3 Å². The van der Waals surface area contributed by atoms with Crippen molar-refractivity contribution in [2.24, 2.45) is 0 Å². The molecule has 3 radical (unpaired) electrons. The first-order chi connectivity index (χ1) is 9.70. The van der Waals surface area contributed by atoms with Gasteiger partial charge in [-0.05, 0) is 0 Å². The second-order valence-corrected chi connectivity index (χ2v) is 7.45. The van der Waals surface area contributed by atoms with E-state index >= 15 is 0 Å². The van der Waals surface area contributed by atoms with Gasteiger partial charge in [0.1, 0.15) is 0 Å². The molecule has 115 valence electrons. The number of amides is 1. The molecular formula is C14H17Cl2FNO2Sn. The molecule has 0 aromatic heterocycles. The fourth-order valence-corrected chi connectivity index (χ4v) is 2.95. The van der Waals surface area contributed by atoms with Crippen molar-refractivity contribution in [2.45, 2.75) is 37.8 Å². The Balaban J connectivity index is 3.11. The van der Waals surface area contributed by atoms with Crippen LogP contribution in [-0.4, -0.2) is 51.1 Å². The molecule has 0 heterocycles. The van der Waals surface area contributed by atoms with Gasteiger partial charge >= 0.3 is 148 Å². The van der Waals surface area contributed by atoms with Crippen molar-refractivity contribution >= 4 is 55.2 Å². The molecule has 21 heavy (non-hydrogen) atoms. The monoisotopic (exact) mass is 440 g/mol. The summed E-state index contributed by atoms with van der Waals surface area (Å²) in [7, 11) is 0. The summed E-state index contributed by atoms with van der Waals surface area (Å²) in [6, 6.07) is 0.760. The number of alkyl halides is 3. The van der Waals surface area contributed by atoms with E-state index in [4.69, 9.17) is 23.2 Å². The van der Waals surface area contributed by atoms with Gasteiger partial charge in [0, 0.05) is 0 Å². The van der Waals surface area contributed by atoms with Gasteiger partial charge in [-0.1, -0.05) is 0 Å². The second kappa shape index (κ2) is 7.99. The van der Waals surface area contributed by atoms with Crippen molar-refractivity contribution in [1.29, 1.82) is 0 Å². The zero-order chi connectivity index (χ0) is 16.3. The van der Waals surface area contributed by atoms with Crippen LogP contribution in [0.3, 0.4) is 0 Å². The standard InChI is InChI=1S/C14H17Cl2FNO2.Sn/c1-7-4-8(2)9(3)10(5-7)12(19)11(6-17)18-14(20)13(15)16;/h5,11-13,19H,6H2,1-3H3,(H,18,20);/t11-,12-;/m1./s1. The Morgan fingerprint density at radius 1 is 1.38 bits per heavy atom. The number of hydrogen-bond donors (Lipinski definition) is 2. The first kappa shape index (κ1) is 19.0. The molecule has 2 atom stereocenters. The van der Waals surface area contributed by atoms with Gasteiger partial charge in [-0.15, -0.1) is 0 Å². The third-order valence-electron chi connectivity index (χ3n) is 3.53. The van der Waals surface area contributed by atoms with Crippen molar-refractivity contribution in [3.8, 4) is 0 Å². The molecule has 0 saturated heterocycles. The van der Waals surface area contributed by atoms with E-state index in [0.29, 0.717) is 5.56 Å². The normalized spacial score (nSPS) is 14.1. The number of halogens is 3. The molecule has 1 aromatic rings. The molecule has 1 amide bonds. The van der Waals surface area contributed by atoms with Gasteiger partial charge in [-0.2, -0.15) is 0 Å². The second-order valence-electron chi connectivity index (χ2n) is 4.92. The summed E-state index contributed by atoms with van der Waals surface area (Å²) in [6.07, 6.45) is -1.15. The molecular weight excluding hydrogens is 423 g/mol. The van der Waals surface area contributed by atoms with Gasteiger partial charge in [0.15, 0.2) is 0 Å². The predicted molar refractivity (Wildman–Crippen MR) is 84.4 cm³/mol. The zero-order valence-electron chi connectivity index (χ0n) is 12.0. The maximum absolute atomic E-state index is 13.2. The number of carbonyl (C=O) groups is 1. The van der Waals surface area contributed by atoms with Gasteiger partial charge < -0.3 is 0 Å². The fourth-order valence-electron chi connectivity index (χ4n) is 2.09. The molecule has 0 saturated carbocycles. The van der Waals surface area contributed by atoms with Crippen LogP contribution in [-0.2, 0) is 4.79 Å². The van der Waals surface area contributed by atoms with E-state index in [1.165, 1.54) is 26.1 Å². The van der Waals surface area contributed by atoms with Gasteiger partial charge in [0.05, 0.1) is 0 Å². The van der Waals surface area contributed by atoms with Crippen molar-refractivity contribution in [3.63, 3.8) is 0 Å². The van der Waals surface area contributed by atoms with Gasteiger partial charge in [-0.25, -0.2) is 0 Å². The van der Waals surface area contributed by atoms with Crippen LogP contribution < -0.4 is 8.90 Å². The summed E-state index contributed by atoms with van der Waals surface area (Å²) in [4.78, 5) is 10.2. The Hall–Kier alpha value is -0.0413. The number of nitrogens with one attached hydrogen (secondary N) is 1. The van der Waals surface area contributed by atoms with E-state index < -0.39 is 29.6 Å². The Bertz CT molecular complexity index is 540. The molecule has 0 unspecified atom stereocenters. The van der Waals surface area contributed by atoms with Crippen molar-refractivity contribution in [1.82, 2.24) is 5.32 Å². The van der Waals surface area contributed by atoms with E-state index in [0.717, 1.165) is 16.7 Å². The quantitative estimate of drug-likeness (QED) is 0.542. The van der Waals surface area contributed by atoms with Crippen molar-refractivity contribution in [2.75, 3.05) is 6.67 Å². The van der Waals surface area contributed by atoms with Crippen molar-refractivity contribution < 1.29 is 14.3 Å². The van der Waals surface area contributed by atoms with E-state index in [2.05, 4.69) is 5.32 Å². The number of hydrogen-bond acceptors (Lipinski definition) is 2. The van der Waals surface area contributed by atoms with Gasteiger partial charge in [-0.3, -0.25) is 0 Å². The number of aryl methyl sites for hydroxylation is 1. The zero-order valence-corrected chi connectivity index (χ0v) is 16.4. The average Bonchev–Trinajstić information content (AvgIpc) is 2.45. The summed E-state index contributed by atoms with van der Waals surface area (Å²) >= 11 is 12.2. The predicted octanol–water partition coefficient (Wildman–Crippen LogP) is 1.70. The minimum absolute atomic E-state index is 0.611. The van der Waals surface area contributed by atoms with Crippen LogP contribution in [0.4, 0.5) is 4.39 Å². The van der Waals surface area contributed by atoms with Crippen LogP contribution in [0.1, 0.15) is 28.4 Å². The summed E-state index contributed by atoms with van der Waals surface area (Å²) in [5.41, 5.74) is 3.64. The molecule has 3 nitrogen and oxygen atoms in total. The number of aliphatic hydroxyl groups excluding tert-OH is 1. The van der Waals surface area contributed by atoms with Crippen LogP contribution in [0, 0.1) is 20.8 Å². The Morgan fingerprint density at radius 3 is 2.43 bits per heavy atom. The summed E-state index contributed by atoms with van der Waals surface area (Å²) in [5, 5.41) is 12.7. The van der Waals surface area contributed by atoms with E-state index in [1.807, 2.05) is 26.8 Å². The number of carbonyl (C=O) groups excluding carboxylic acids is 1. The molecule has 0 aliphatic carbocycles. The first-order valence-electron chi connectivity index (χ1n) is 6.35. The average molecular weight is 440 g/mol. The molecule has 0 spiro atoms. The Morgan fingerprint density at radius 2 is 1.95 bits per heavy atom. The minimum atomic E-state index is -1.29. The Labute approximate surface area is 147 Å².